The summed E-state index contributed by atoms with van der Waals surface area (Å²) >= 11 is 0. The number of amides is 1. The fourth-order valence-corrected chi connectivity index (χ4v) is 2.54. The topological polar surface area (TPSA) is 101 Å². The molecular weight excluding hydrogens is 287 g/mol. The Kier molecular flexibility index (Phi) is 4.10. The van der Waals surface area contributed by atoms with Crippen molar-refractivity contribution in [3.63, 3.8) is 0 Å². The molecule has 0 saturated carbocycles. The van der Waals surface area contributed by atoms with Crippen LogP contribution in [0.25, 0.3) is 11.0 Å². The molecule has 22 heavy (non-hydrogen) atoms. The van der Waals surface area contributed by atoms with Crippen molar-refractivity contribution in [2.75, 3.05) is 26.3 Å². The molecule has 1 fully saturated rings. The highest BCUT2D eigenvalue weighted by Crippen LogP contribution is 2.13. The Hall–Kier alpha value is -1.97. The average molecular weight is 304 g/mol. The van der Waals surface area contributed by atoms with Crippen molar-refractivity contribution in [3.05, 3.63) is 17.8 Å². The molecule has 0 spiro atoms. The zero-order chi connectivity index (χ0) is 15.7. The summed E-state index contributed by atoms with van der Waals surface area (Å²) in [6, 6.07) is 3.37. The number of aryl methyl sites for hydroxylation is 1. The Balaban J connectivity index is 2.01. The van der Waals surface area contributed by atoms with Gasteiger partial charge in [-0.1, -0.05) is 0 Å². The van der Waals surface area contributed by atoms with Gasteiger partial charge in [0.1, 0.15) is 16.8 Å². The van der Waals surface area contributed by atoms with Crippen LogP contribution in [-0.4, -0.2) is 69.0 Å². The molecule has 2 N–H and O–H groups in total. The fraction of sp³-hybridized carbons (Fsp3) is 0.462. The largest absolute Gasteiger partial charge is 0.512 e. The number of morpholine rings is 1. The third kappa shape index (κ3) is 2.58. The summed E-state index contributed by atoms with van der Waals surface area (Å²) < 4.78 is 6.86. The number of fused-ring (bicyclic) bond motifs is 1. The molecule has 1 aliphatic rings. The lowest BCUT2D eigenvalue weighted by molar-refractivity contribution is 0.0299. The Morgan fingerprint density at radius 1 is 1.36 bits per heavy atom. The summed E-state index contributed by atoms with van der Waals surface area (Å²) in [5, 5.41) is 23.0. The lowest BCUT2D eigenvalue weighted by Gasteiger charge is -2.26. The molecule has 8 nitrogen and oxygen atoms in total. The van der Waals surface area contributed by atoms with E-state index in [4.69, 9.17) is 4.74 Å². The van der Waals surface area contributed by atoms with Crippen LogP contribution in [0.2, 0.25) is 0 Å². The highest BCUT2D eigenvalue weighted by Gasteiger charge is 2.25. The van der Waals surface area contributed by atoms with Crippen molar-refractivity contribution < 1.29 is 19.6 Å². The first-order valence-electron chi connectivity index (χ1n) is 7.22. The molecule has 0 bridgehead atoms. The molecule has 0 unspecified atom stereocenters. The van der Waals surface area contributed by atoms with E-state index in [1.165, 1.54) is 0 Å². The summed E-state index contributed by atoms with van der Waals surface area (Å²) in [5.41, 5.74) is 1.35. The van der Waals surface area contributed by atoms with Crippen molar-refractivity contribution >= 4 is 29.7 Å². The predicted octanol–water partition coefficient (Wildman–Crippen LogP) is -1.40. The molecule has 1 amide bonds. The zero-order valence-electron chi connectivity index (χ0n) is 12.3. The first-order valence-corrected chi connectivity index (χ1v) is 7.22. The van der Waals surface area contributed by atoms with Gasteiger partial charge in [-0.2, -0.15) is 5.10 Å². The van der Waals surface area contributed by atoms with Crippen molar-refractivity contribution in [1.82, 2.24) is 19.7 Å². The van der Waals surface area contributed by atoms with Crippen molar-refractivity contribution in [3.8, 4) is 0 Å². The predicted molar refractivity (Wildman–Crippen MR) is 79.8 cm³/mol. The minimum atomic E-state index is -1.73. The van der Waals surface area contributed by atoms with Crippen molar-refractivity contribution in [2.24, 2.45) is 0 Å². The molecule has 0 aliphatic carbocycles. The van der Waals surface area contributed by atoms with Gasteiger partial charge >= 0.3 is 7.12 Å². The second-order valence-corrected chi connectivity index (χ2v) is 5.04. The second kappa shape index (κ2) is 6.03. The van der Waals surface area contributed by atoms with Gasteiger partial charge in [0.25, 0.3) is 5.91 Å². The highest BCUT2D eigenvalue weighted by atomic mass is 16.5. The number of aromatic nitrogens is 3. The minimum Gasteiger partial charge on any atom is -0.422 e. The molecule has 0 aromatic carbocycles. The lowest BCUT2D eigenvalue weighted by atomic mass is 9.85. The van der Waals surface area contributed by atoms with Crippen LogP contribution in [0.5, 0.6) is 0 Å². The lowest BCUT2D eigenvalue weighted by Crippen LogP contribution is -2.41. The van der Waals surface area contributed by atoms with Crippen LogP contribution in [0.15, 0.2) is 12.1 Å². The maximum absolute atomic E-state index is 12.5. The molecule has 3 rings (SSSR count). The zero-order valence-corrected chi connectivity index (χ0v) is 12.3. The van der Waals surface area contributed by atoms with Crippen LogP contribution < -0.4 is 5.59 Å². The molecule has 1 aliphatic heterocycles. The monoisotopic (exact) mass is 304 g/mol. The molecule has 1 saturated heterocycles. The van der Waals surface area contributed by atoms with Crippen LogP contribution in [0.1, 0.15) is 17.4 Å². The SMILES string of the molecule is CCn1nc(B(O)O)c2nc(C(=O)N3CCOCC3)ccc21. The van der Waals surface area contributed by atoms with E-state index in [9.17, 15) is 14.8 Å². The Morgan fingerprint density at radius 2 is 2.09 bits per heavy atom. The Labute approximate surface area is 127 Å². The molecule has 0 atom stereocenters. The van der Waals surface area contributed by atoms with Gasteiger partial charge in [0.05, 0.1) is 18.7 Å². The number of carbonyl (C=O) groups excluding carboxylic acids is 1. The number of pyridine rings is 1. The summed E-state index contributed by atoms with van der Waals surface area (Å²) in [6.45, 7) is 4.56. The highest BCUT2D eigenvalue weighted by molar-refractivity contribution is 6.60. The number of carbonyl (C=O) groups is 1. The van der Waals surface area contributed by atoms with Gasteiger partial charge in [-0.15, -0.1) is 0 Å². The fourth-order valence-electron chi connectivity index (χ4n) is 2.54. The van der Waals surface area contributed by atoms with E-state index in [-0.39, 0.29) is 17.2 Å². The average Bonchev–Trinajstić information content (AvgIpc) is 2.93. The molecule has 2 aromatic heterocycles. The Morgan fingerprint density at radius 3 is 2.73 bits per heavy atom. The van der Waals surface area contributed by atoms with Gasteiger partial charge in [0.15, 0.2) is 0 Å². The van der Waals surface area contributed by atoms with Crippen molar-refractivity contribution in [1.29, 1.82) is 0 Å². The third-order valence-corrected chi connectivity index (χ3v) is 3.68. The Bertz CT molecular complexity index is 697. The molecule has 116 valence electrons. The van der Waals surface area contributed by atoms with E-state index in [2.05, 4.69) is 10.1 Å². The summed E-state index contributed by atoms with van der Waals surface area (Å²) in [4.78, 5) is 18.4. The molecular formula is C13H17BN4O4. The smallest absolute Gasteiger partial charge is 0.422 e. The van der Waals surface area contributed by atoms with Crippen LogP contribution in [0.4, 0.5) is 0 Å². The first kappa shape index (κ1) is 15.0. The summed E-state index contributed by atoms with van der Waals surface area (Å²) in [6.07, 6.45) is 0. The van der Waals surface area contributed by atoms with Crippen LogP contribution >= 0.6 is 0 Å². The first-order chi connectivity index (χ1) is 10.6. The number of hydrogen-bond donors (Lipinski definition) is 2. The summed E-state index contributed by atoms with van der Waals surface area (Å²) in [7, 11) is -1.73. The third-order valence-electron chi connectivity index (χ3n) is 3.68. The van der Waals surface area contributed by atoms with Crippen LogP contribution in [-0.2, 0) is 11.3 Å². The van der Waals surface area contributed by atoms with E-state index < -0.39 is 7.12 Å². The van der Waals surface area contributed by atoms with Crippen LogP contribution in [0, 0.1) is 0 Å². The molecule has 0 radical (unpaired) electrons. The van der Waals surface area contributed by atoms with Gasteiger partial charge in [0, 0.05) is 19.6 Å². The minimum absolute atomic E-state index is 0.0634. The van der Waals surface area contributed by atoms with Crippen LogP contribution in [0.3, 0.4) is 0 Å². The standard InChI is InChI=1S/C13H17BN4O4/c1-2-18-10-4-3-9(13(19)17-5-7-22-8-6-17)15-11(10)12(16-18)14(20)21/h3-4,20-21H,2,5-8H2,1H3. The quantitative estimate of drug-likeness (QED) is 0.677. The van der Waals surface area contributed by atoms with Crippen molar-refractivity contribution in [2.45, 2.75) is 13.5 Å². The van der Waals surface area contributed by atoms with E-state index in [1.807, 2.05) is 6.92 Å². The van der Waals surface area contributed by atoms with E-state index in [0.29, 0.717) is 43.9 Å². The second-order valence-electron chi connectivity index (χ2n) is 5.04. The number of rotatable bonds is 3. The molecule has 3 heterocycles. The van der Waals surface area contributed by atoms with Gasteiger partial charge < -0.3 is 19.7 Å². The van der Waals surface area contributed by atoms with Gasteiger partial charge in [0.2, 0.25) is 0 Å². The summed E-state index contributed by atoms with van der Waals surface area (Å²) in [5.74, 6) is -0.187. The van der Waals surface area contributed by atoms with Gasteiger partial charge in [-0.3, -0.25) is 9.48 Å². The van der Waals surface area contributed by atoms with Gasteiger partial charge in [-0.05, 0) is 19.1 Å². The van der Waals surface area contributed by atoms with Gasteiger partial charge in [-0.25, -0.2) is 4.98 Å². The number of ether oxygens (including phenoxy) is 1. The molecule has 2 aromatic rings. The molecule has 9 heteroatoms. The number of nitrogens with zero attached hydrogens (tertiary/aromatic N) is 4. The van der Waals surface area contributed by atoms with E-state index in [0.717, 1.165) is 0 Å². The van der Waals surface area contributed by atoms with E-state index >= 15 is 0 Å². The van der Waals surface area contributed by atoms with E-state index in [1.54, 1.807) is 21.7 Å². The normalized spacial score (nSPS) is 15.3. The number of hydrogen-bond acceptors (Lipinski definition) is 6. The maximum atomic E-state index is 12.5. The maximum Gasteiger partial charge on any atom is 0.512 e.